The highest BCUT2D eigenvalue weighted by molar-refractivity contribution is 6.03. The number of aromatic nitrogens is 4. The van der Waals surface area contributed by atoms with Crippen molar-refractivity contribution in [2.24, 2.45) is 0 Å². The van der Waals surface area contributed by atoms with Crippen LogP contribution in [0.5, 0.6) is 0 Å². The monoisotopic (exact) mass is 358 g/mol. The summed E-state index contributed by atoms with van der Waals surface area (Å²) in [5.41, 5.74) is 1.27. The number of fused-ring (bicyclic) bond motifs is 1. The Balaban J connectivity index is 1.68. The molecule has 1 atom stereocenters. The summed E-state index contributed by atoms with van der Waals surface area (Å²) in [4.78, 5) is 22.7. The second kappa shape index (κ2) is 6.32. The molecule has 7 nitrogen and oxygen atoms in total. The van der Waals surface area contributed by atoms with Gasteiger partial charge in [0.2, 0.25) is 0 Å². The number of hydrogen-bond donors (Lipinski definition) is 1. The van der Waals surface area contributed by atoms with Gasteiger partial charge in [0.15, 0.2) is 11.3 Å². The molecule has 26 heavy (non-hydrogen) atoms. The van der Waals surface area contributed by atoms with Gasteiger partial charge >= 0.3 is 0 Å². The van der Waals surface area contributed by atoms with Crippen LogP contribution in [0.4, 0.5) is 20.4 Å². The molecular formula is C17H16F2N6O. The number of rotatable bonds is 3. The molecule has 1 aliphatic rings. The first kappa shape index (κ1) is 16.4. The molecular weight excluding hydrogens is 342 g/mol. The number of imidazole rings is 1. The minimum Gasteiger partial charge on any atom is -0.352 e. The Labute approximate surface area is 147 Å². The number of nitrogens with zero attached hydrogens (tertiary/aromatic N) is 5. The van der Waals surface area contributed by atoms with Crippen LogP contribution in [0, 0.1) is 12.7 Å². The molecule has 1 aliphatic heterocycles. The van der Waals surface area contributed by atoms with Gasteiger partial charge in [-0.25, -0.2) is 23.3 Å². The number of alkyl halides is 1. The summed E-state index contributed by atoms with van der Waals surface area (Å²) >= 11 is 0. The molecule has 9 heteroatoms. The van der Waals surface area contributed by atoms with E-state index in [9.17, 15) is 13.6 Å². The third-order valence-corrected chi connectivity index (χ3v) is 4.28. The van der Waals surface area contributed by atoms with E-state index in [4.69, 9.17) is 0 Å². The van der Waals surface area contributed by atoms with Gasteiger partial charge in [0.25, 0.3) is 5.91 Å². The maximum atomic E-state index is 13.5. The lowest BCUT2D eigenvalue weighted by Gasteiger charge is -2.16. The Bertz CT molecular complexity index is 971. The molecule has 0 aliphatic carbocycles. The lowest BCUT2D eigenvalue weighted by atomic mass is 10.3. The van der Waals surface area contributed by atoms with Crippen molar-refractivity contribution in [3.05, 3.63) is 47.7 Å². The van der Waals surface area contributed by atoms with Gasteiger partial charge in [-0.1, -0.05) is 0 Å². The molecule has 1 fully saturated rings. The van der Waals surface area contributed by atoms with Crippen molar-refractivity contribution in [1.29, 1.82) is 0 Å². The van der Waals surface area contributed by atoms with Gasteiger partial charge in [0.05, 0.1) is 18.4 Å². The van der Waals surface area contributed by atoms with Crippen molar-refractivity contribution in [3.8, 4) is 0 Å². The van der Waals surface area contributed by atoms with Crippen LogP contribution in [-0.2, 0) is 0 Å². The molecule has 3 aromatic rings. The molecule has 0 bridgehead atoms. The van der Waals surface area contributed by atoms with Gasteiger partial charge in [-0.3, -0.25) is 4.79 Å². The first-order valence-electron chi connectivity index (χ1n) is 8.19. The predicted molar refractivity (Wildman–Crippen MR) is 91.6 cm³/mol. The Morgan fingerprint density at radius 3 is 2.85 bits per heavy atom. The lowest BCUT2D eigenvalue weighted by molar-refractivity contribution is 0.101. The fourth-order valence-electron chi connectivity index (χ4n) is 3.01. The van der Waals surface area contributed by atoms with Crippen molar-refractivity contribution in [1.82, 2.24) is 19.6 Å². The molecule has 134 valence electrons. The van der Waals surface area contributed by atoms with Crippen LogP contribution in [0.3, 0.4) is 0 Å². The van der Waals surface area contributed by atoms with Gasteiger partial charge < -0.3 is 10.2 Å². The number of aryl methyl sites for hydroxylation is 1. The lowest BCUT2D eigenvalue weighted by Crippen LogP contribution is -2.23. The summed E-state index contributed by atoms with van der Waals surface area (Å²) in [7, 11) is 0. The molecule has 1 N–H and O–H groups in total. The molecule has 0 radical (unpaired) electrons. The molecule has 0 aromatic carbocycles. The van der Waals surface area contributed by atoms with Crippen molar-refractivity contribution >= 4 is 23.2 Å². The van der Waals surface area contributed by atoms with E-state index in [2.05, 4.69) is 20.4 Å². The third-order valence-electron chi connectivity index (χ3n) is 4.28. The van der Waals surface area contributed by atoms with E-state index in [1.807, 2.05) is 4.90 Å². The minimum atomic E-state index is -0.871. The first-order chi connectivity index (χ1) is 12.5. The Morgan fingerprint density at radius 1 is 1.31 bits per heavy atom. The van der Waals surface area contributed by atoms with Crippen LogP contribution in [0.1, 0.15) is 22.6 Å². The van der Waals surface area contributed by atoms with E-state index in [-0.39, 0.29) is 18.1 Å². The van der Waals surface area contributed by atoms with Gasteiger partial charge in [-0.2, -0.15) is 0 Å². The van der Waals surface area contributed by atoms with E-state index in [1.165, 1.54) is 16.6 Å². The van der Waals surface area contributed by atoms with Crippen LogP contribution >= 0.6 is 0 Å². The average molecular weight is 358 g/mol. The molecule has 3 aromatic heterocycles. The smallest absolute Gasteiger partial charge is 0.277 e. The zero-order valence-corrected chi connectivity index (χ0v) is 14.0. The summed E-state index contributed by atoms with van der Waals surface area (Å²) < 4.78 is 27.9. The molecule has 1 amide bonds. The number of carbonyl (C=O) groups excluding carboxylic acids is 1. The normalized spacial score (nSPS) is 17.0. The molecule has 1 unspecified atom stereocenters. The predicted octanol–water partition coefficient (Wildman–Crippen LogP) is 2.37. The number of nitrogens with one attached hydrogen (secondary N) is 1. The largest absolute Gasteiger partial charge is 0.352 e. The number of pyridine rings is 1. The maximum absolute atomic E-state index is 13.5. The van der Waals surface area contributed by atoms with E-state index in [1.54, 1.807) is 19.1 Å². The number of hydrogen-bond acceptors (Lipinski definition) is 5. The van der Waals surface area contributed by atoms with E-state index in [0.29, 0.717) is 30.1 Å². The highest BCUT2D eigenvalue weighted by Crippen LogP contribution is 2.21. The van der Waals surface area contributed by atoms with Gasteiger partial charge in [0, 0.05) is 6.54 Å². The number of halogens is 2. The van der Waals surface area contributed by atoms with E-state index >= 15 is 0 Å². The topological polar surface area (TPSA) is 75.4 Å². The fraction of sp³-hybridized carbons (Fsp3) is 0.294. The highest BCUT2D eigenvalue weighted by Gasteiger charge is 2.24. The van der Waals surface area contributed by atoms with E-state index < -0.39 is 17.9 Å². The second-order valence-electron chi connectivity index (χ2n) is 6.16. The van der Waals surface area contributed by atoms with Gasteiger partial charge in [-0.05, 0) is 37.6 Å². The second-order valence-corrected chi connectivity index (χ2v) is 6.16. The maximum Gasteiger partial charge on any atom is 0.277 e. The minimum absolute atomic E-state index is 0.224. The Kier molecular flexibility index (Phi) is 3.98. The summed E-state index contributed by atoms with van der Waals surface area (Å²) in [6.45, 7) is 2.57. The van der Waals surface area contributed by atoms with Crippen molar-refractivity contribution in [2.75, 3.05) is 23.3 Å². The van der Waals surface area contributed by atoms with Crippen LogP contribution in [0.15, 0.2) is 30.5 Å². The third kappa shape index (κ3) is 2.96. The van der Waals surface area contributed by atoms with Crippen LogP contribution in [-0.4, -0.2) is 44.8 Å². The summed E-state index contributed by atoms with van der Waals surface area (Å²) in [5, 5.41) is 7.07. The van der Waals surface area contributed by atoms with Gasteiger partial charge in [0.1, 0.15) is 23.6 Å². The number of carbonyl (C=O) groups is 1. The first-order valence-corrected chi connectivity index (χ1v) is 8.19. The zero-order valence-electron chi connectivity index (χ0n) is 14.0. The fourth-order valence-corrected chi connectivity index (χ4v) is 3.01. The molecule has 4 heterocycles. The standard InChI is InChI=1S/C17H16F2N6O/c1-10-16(17(26)22-13-3-2-11(18)8-20-13)25-14(21-10)4-5-15(23-25)24-7-6-12(19)9-24/h2-5,8,12H,6-7,9H2,1H3,(H,20,22,26). The molecule has 4 rings (SSSR count). The van der Waals surface area contributed by atoms with E-state index in [0.717, 1.165) is 6.20 Å². The van der Waals surface area contributed by atoms with Crippen molar-refractivity contribution in [2.45, 2.75) is 19.5 Å². The number of amides is 1. The molecule has 0 saturated carbocycles. The molecule has 0 spiro atoms. The van der Waals surface area contributed by atoms with Crippen LogP contribution in [0.25, 0.3) is 5.65 Å². The Morgan fingerprint density at radius 2 is 2.15 bits per heavy atom. The summed E-state index contributed by atoms with van der Waals surface area (Å²) in [5.74, 6) is -0.133. The van der Waals surface area contributed by atoms with Gasteiger partial charge in [-0.15, -0.1) is 5.10 Å². The van der Waals surface area contributed by atoms with Crippen LogP contribution < -0.4 is 10.2 Å². The summed E-state index contributed by atoms with van der Waals surface area (Å²) in [6.07, 6.45) is 0.615. The average Bonchev–Trinajstić information content (AvgIpc) is 3.18. The SMILES string of the molecule is Cc1nc2ccc(N3CCC(F)C3)nn2c1C(=O)Nc1ccc(F)cn1. The zero-order chi connectivity index (χ0) is 18.3. The highest BCUT2D eigenvalue weighted by atomic mass is 19.1. The summed E-state index contributed by atoms with van der Waals surface area (Å²) in [6, 6.07) is 6.09. The van der Waals surface area contributed by atoms with Crippen molar-refractivity contribution < 1.29 is 13.6 Å². The van der Waals surface area contributed by atoms with Crippen molar-refractivity contribution in [3.63, 3.8) is 0 Å². The molecule has 1 saturated heterocycles. The quantitative estimate of drug-likeness (QED) is 0.778. The van der Waals surface area contributed by atoms with Crippen LogP contribution in [0.2, 0.25) is 0 Å². The Hall–Kier alpha value is -3.10. The number of anilines is 2.